The Morgan fingerprint density at radius 2 is 1.88 bits per heavy atom. The van der Waals surface area contributed by atoms with Crippen molar-refractivity contribution in [2.75, 3.05) is 26.2 Å². The number of rotatable bonds is 7. The molecule has 8 nitrogen and oxygen atoms in total. The van der Waals surface area contributed by atoms with Gasteiger partial charge in [-0.2, -0.15) is 4.31 Å². The molecule has 0 bridgehead atoms. The van der Waals surface area contributed by atoms with Gasteiger partial charge >= 0.3 is 5.97 Å². The molecule has 1 fully saturated rings. The zero-order valence-corrected chi connectivity index (χ0v) is 15.5. The van der Waals surface area contributed by atoms with Crippen LogP contribution in [0.2, 0.25) is 0 Å². The van der Waals surface area contributed by atoms with E-state index >= 15 is 0 Å². The third kappa shape index (κ3) is 4.40. The third-order valence-electron chi connectivity index (χ3n) is 4.26. The second-order valence-electron chi connectivity index (χ2n) is 6.26. The molecule has 0 saturated carbocycles. The number of aliphatic carboxylic acids is 1. The lowest BCUT2D eigenvalue weighted by atomic mass is 10.2. The van der Waals surface area contributed by atoms with E-state index in [0.717, 1.165) is 19.3 Å². The molecule has 1 aromatic rings. The van der Waals surface area contributed by atoms with Gasteiger partial charge in [0.2, 0.25) is 10.0 Å². The van der Waals surface area contributed by atoms with Crippen molar-refractivity contribution in [2.45, 2.75) is 37.5 Å². The second-order valence-corrected chi connectivity index (χ2v) is 8.20. The number of carbonyl (C=O) groups excluding carboxylic acids is 1. The van der Waals surface area contributed by atoms with E-state index in [1.807, 2.05) is 6.92 Å². The van der Waals surface area contributed by atoms with E-state index in [9.17, 15) is 18.0 Å². The zero-order valence-electron chi connectivity index (χ0n) is 14.6. The van der Waals surface area contributed by atoms with Crippen molar-refractivity contribution >= 4 is 21.9 Å². The first-order chi connectivity index (χ1) is 11.8. The van der Waals surface area contributed by atoms with Crippen molar-refractivity contribution in [1.82, 2.24) is 13.8 Å². The molecule has 1 amide bonds. The van der Waals surface area contributed by atoms with E-state index in [2.05, 4.69) is 0 Å². The Labute approximate surface area is 148 Å². The fourth-order valence-corrected chi connectivity index (χ4v) is 4.58. The highest BCUT2D eigenvalue weighted by molar-refractivity contribution is 7.89. The summed E-state index contributed by atoms with van der Waals surface area (Å²) in [5.74, 6) is -1.58. The minimum Gasteiger partial charge on any atom is -0.480 e. The topological polar surface area (TPSA) is 99.9 Å². The Bertz CT molecular complexity index is 735. The van der Waals surface area contributed by atoms with Gasteiger partial charge in [0, 0.05) is 32.9 Å². The maximum absolute atomic E-state index is 12.7. The highest BCUT2D eigenvalue weighted by Gasteiger charge is 2.29. The van der Waals surface area contributed by atoms with Crippen LogP contribution in [0, 0.1) is 0 Å². The van der Waals surface area contributed by atoms with Crippen LogP contribution in [-0.2, 0) is 21.9 Å². The van der Waals surface area contributed by atoms with Crippen LogP contribution in [0.3, 0.4) is 0 Å². The Morgan fingerprint density at radius 1 is 1.24 bits per heavy atom. The molecular formula is C16H25N3O5S. The van der Waals surface area contributed by atoms with Gasteiger partial charge in [-0.05, 0) is 25.3 Å². The van der Waals surface area contributed by atoms with Gasteiger partial charge in [0.25, 0.3) is 5.91 Å². The number of hydrogen-bond acceptors (Lipinski definition) is 4. The molecule has 1 aromatic heterocycles. The van der Waals surface area contributed by atoms with Crippen LogP contribution in [0.25, 0.3) is 0 Å². The van der Waals surface area contributed by atoms with E-state index in [1.165, 1.54) is 26.0 Å². The largest absolute Gasteiger partial charge is 0.480 e. The quantitative estimate of drug-likeness (QED) is 0.775. The molecule has 1 aliphatic rings. The average molecular weight is 371 g/mol. The summed E-state index contributed by atoms with van der Waals surface area (Å²) in [5, 5.41) is 8.98. The van der Waals surface area contributed by atoms with E-state index in [0.29, 0.717) is 26.1 Å². The van der Waals surface area contributed by atoms with Crippen molar-refractivity contribution in [1.29, 1.82) is 0 Å². The fourth-order valence-electron chi connectivity index (χ4n) is 2.99. The summed E-state index contributed by atoms with van der Waals surface area (Å²) in [7, 11) is -2.04. The summed E-state index contributed by atoms with van der Waals surface area (Å²) >= 11 is 0. The first kappa shape index (κ1) is 19.5. The standard InChI is InChI=1S/C16H25N3O5S/c1-3-7-18(12-15(20)21)16(22)14-10-13(11-17(14)2)25(23,24)19-8-5-4-6-9-19/h10-11H,3-9,12H2,1-2H3,(H,20,21). The molecule has 0 spiro atoms. The third-order valence-corrected chi connectivity index (χ3v) is 6.12. The van der Waals surface area contributed by atoms with Gasteiger partial charge < -0.3 is 14.6 Å². The first-order valence-corrected chi connectivity index (χ1v) is 9.89. The number of carboxylic acid groups (broad SMARTS) is 1. The van der Waals surface area contributed by atoms with E-state index in [-0.39, 0.29) is 10.6 Å². The molecule has 0 atom stereocenters. The molecule has 140 valence electrons. The van der Waals surface area contributed by atoms with E-state index in [1.54, 1.807) is 7.05 Å². The van der Waals surface area contributed by atoms with Crippen LogP contribution in [-0.4, -0.2) is 65.4 Å². The van der Waals surface area contributed by atoms with Gasteiger partial charge in [-0.15, -0.1) is 0 Å². The van der Waals surface area contributed by atoms with Gasteiger partial charge in [0.1, 0.15) is 17.1 Å². The Kier molecular flexibility index (Phi) is 6.23. The summed E-state index contributed by atoms with van der Waals surface area (Å²) < 4.78 is 28.4. The van der Waals surface area contributed by atoms with E-state index in [4.69, 9.17) is 5.11 Å². The van der Waals surface area contributed by atoms with Gasteiger partial charge in [0.05, 0.1) is 0 Å². The Morgan fingerprint density at radius 3 is 2.44 bits per heavy atom. The molecule has 1 saturated heterocycles. The van der Waals surface area contributed by atoms with Crippen LogP contribution >= 0.6 is 0 Å². The number of amides is 1. The van der Waals surface area contributed by atoms with Crippen LogP contribution in [0.15, 0.2) is 17.2 Å². The molecule has 0 aromatic carbocycles. The molecular weight excluding hydrogens is 346 g/mol. The van der Waals surface area contributed by atoms with E-state index < -0.39 is 28.4 Å². The van der Waals surface area contributed by atoms with Crippen molar-refractivity contribution in [3.05, 3.63) is 18.0 Å². The van der Waals surface area contributed by atoms with Crippen LogP contribution in [0.1, 0.15) is 43.1 Å². The van der Waals surface area contributed by atoms with Crippen molar-refractivity contribution in [3.8, 4) is 0 Å². The molecule has 1 aliphatic heterocycles. The number of carboxylic acids is 1. The fraction of sp³-hybridized carbons (Fsp3) is 0.625. The lowest BCUT2D eigenvalue weighted by Crippen LogP contribution is -2.37. The van der Waals surface area contributed by atoms with Crippen LogP contribution < -0.4 is 0 Å². The first-order valence-electron chi connectivity index (χ1n) is 8.45. The minimum atomic E-state index is -3.63. The Balaban J connectivity index is 2.29. The molecule has 0 aliphatic carbocycles. The van der Waals surface area contributed by atoms with Crippen LogP contribution in [0.5, 0.6) is 0 Å². The average Bonchev–Trinajstić information content (AvgIpc) is 2.97. The number of carbonyl (C=O) groups is 2. The number of hydrogen-bond donors (Lipinski definition) is 1. The molecule has 2 heterocycles. The van der Waals surface area contributed by atoms with Gasteiger partial charge in [-0.25, -0.2) is 8.42 Å². The number of piperidine rings is 1. The van der Waals surface area contributed by atoms with Crippen molar-refractivity contribution in [3.63, 3.8) is 0 Å². The lowest BCUT2D eigenvalue weighted by molar-refractivity contribution is -0.137. The number of aromatic nitrogens is 1. The SMILES string of the molecule is CCCN(CC(=O)O)C(=O)c1cc(S(=O)(=O)N2CCCCC2)cn1C. The summed E-state index contributed by atoms with van der Waals surface area (Å²) in [6.07, 6.45) is 4.72. The van der Waals surface area contributed by atoms with Gasteiger partial charge in [0.15, 0.2) is 0 Å². The lowest BCUT2D eigenvalue weighted by Gasteiger charge is -2.25. The van der Waals surface area contributed by atoms with Crippen LogP contribution in [0.4, 0.5) is 0 Å². The minimum absolute atomic E-state index is 0.0759. The highest BCUT2D eigenvalue weighted by Crippen LogP contribution is 2.23. The summed E-state index contributed by atoms with van der Waals surface area (Å²) in [6, 6.07) is 1.34. The maximum atomic E-state index is 12.7. The van der Waals surface area contributed by atoms with Gasteiger partial charge in [-0.3, -0.25) is 9.59 Å². The number of nitrogens with zero attached hydrogens (tertiary/aromatic N) is 3. The normalized spacial score (nSPS) is 15.9. The summed E-state index contributed by atoms with van der Waals surface area (Å²) in [6.45, 7) is 2.71. The molecule has 25 heavy (non-hydrogen) atoms. The number of sulfonamides is 1. The predicted molar refractivity (Wildman–Crippen MR) is 91.9 cm³/mol. The molecule has 1 N–H and O–H groups in total. The Hall–Kier alpha value is -1.87. The summed E-state index contributed by atoms with van der Waals surface area (Å²) in [5.41, 5.74) is 0.172. The molecule has 0 radical (unpaired) electrons. The summed E-state index contributed by atoms with van der Waals surface area (Å²) in [4.78, 5) is 24.9. The predicted octanol–water partition coefficient (Wildman–Crippen LogP) is 1.14. The monoisotopic (exact) mass is 371 g/mol. The maximum Gasteiger partial charge on any atom is 0.323 e. The zero-order chi connectivity index (χ0) is 18.6. The smallest absolute Gasteiger partial charge is 0.323 e. The molecule has 0 unspecified atom stereocenters. The molecule has 2 rings (SSSR count). The van der Waals surface area contributed by atoms with Crippen molar-refractivity contribution < 1.29 is 23.1 Å². The van der Waals surface area contributed by atoms with Crippen molar-refractivity contribution in [2.24, 2.45) is 7.05 Å². The van der Waals surface area contributed by atoms with Gasteiger partial charge in [-0.1, -0.05) is 13.3 Å². The number of aryl methyl sites for hydroxylation is 1. The highest BCUT2D eigenvalue weighted by atomic mass is 32.2. The molecule has 9 heteroatoms. The second kappa shape index (κ2) is 8.01.